The molecule has 0 radical (unpaired) electrons. The molecule has 35 heavy (non-hydrogen) atoms. The lowest BCUT2D eigenvalue weighted by Gasteiger charge is -2.35. The molecule has 3 aromatic rings. The van der Waals surface area contributed by atoms with Crippen LogP contribution in [0.5, 0.6) is 0 Å². The van der Waals surface area contributed by atoms with Crippen LogP contribution in [0.4, 0.5) is 24.9 Å². The SMILES string of the molecule is C=C(NC(=O)c1cc(N2CCN(c3nccc(C(F)(F)F)n3)CC2)nc(-c2ccoc2)n1)C(=O)O. The number of aromatic nitrogens is 4. The van der Waals surface area contributed by atoms with Gasteiger partial charge in [-0.3, -0.25) is 4.79 Å². The lowest BCUT2D eigenvalue weighted by molar-refractivity contribution is -0.141. The van der Waals surface area contributed by atoms with Gasteiger partial charge in [0.25, 0.3) is 5.91 Å². The van der Waals surface area contributed by atoms with E-state index >= 15 is 0 Å². The van der Waals surface area contributed by atoms with Gasteiger partial charge in [0.1, 0.15) is 29.2 Å². The van der Waals surface area contributed by atoms with Crippen LogP contribution in [0.15, 0.2) is 53.6 Å². The molecule has 0 aromatic carbocycles. The first-order valence-electron chi connectivity index (χ1n) is 10.2. The Labute approximate surface area is 195 Å². The summed E-state index contributed by atoms with van der Waals surface area (Å²) in [5.74, 6) is -1.68. The van der Waals surface area contributed by atoms with E-state index in [0.29, 0.717) is 37.6 Å². The normalized spacial score (nSPS) is 14.0. The number of hydrogen-bond donors (Lipinski definition) is 2. The van der Waals surface area contributed by atoms with Crippen LogP contribution in [-0.2, 0) is 11.0 Å². The topological polar surface area (TPSA) is 138 Å². The van der Waals surface area contributed by atoms with Crippen molar-refractivity contribution >= 4 is 23.6 Å². The van der Waals surface area contributed by atoms with Gasteiger partial charge < -0.3 is 24.6 Å². The van der Waals surface area contributed by atoms with Gasteiger partial charge in [-0.1, -0.05) is 6.58 Å². The van der Waals surface area contributed by atoms with Crippen molar-refractivity contribution < 1.29 is 32.3 Å². The molecule has 1 amide bonds. The summed E-state index contributed by atoms with van der Waals surface area (Å²) in [7, 11) is 0. The highest BCUT2D eigenvalue weighted by Gasteiger charge is 2.33. The molecular weight excluding hydrogens is 471 g/mol. The summed E-state index contributed by atoms with van der Waals surface area (Å²) in [5.41, 5.74) is -1.15. The van der Waals surface area contributed by atoms with Gasteiger partial charge >= 0.3 is 12.1 Å². The summed E-state index contributed by atoms with van der Waals surface area (Å²) in [6.45, 7) is 4.54. The highest BCUT2D eigenvalue weighted by atomic mass is 19.4. The van der Waals surface area contributed by atoms with Crippen LogP contribution in [0.2, 0.25) is 0 Å². The Morgan fingerprint density at radius 3 is 2.43 bits per heavy atom. The fourth-order valence-electron chi connectivity index (χ4n) is 3.28. The van der Waals surface area contributed by atoms with Gasteiger partial charge in [0, 0.05) is 38.4 Å². The average molecular weight is 489 g/mol. The molecule has 1 saturated heterocycles. The van der Waals surface area contributed by atoms with Crippen molar-refractivity contribution in [3.63, 3.8) is 0 Å². The number of carboxylic acids is 1. The molecule has 1 fully saturated rings. The summed E-state index contributed by atoms with van der Waals surface area (Å²) < 4.78 is 44.0. The molecule has 1 aliphatic heterocycles. The number of hydrogen-bond acceptors (Lipinski definition) is 9. The van der Waals surface area contributed by atoms with Crippen LogP contribution < -0.4 is 15.1 Å². The molecule has 1 aliphatic rings. The molecule has 0 spiro atoms. The maximum Gasteiger partial charge on any atom is 0.433 e. The highest BCUT2D eigenvalue weighted by molar-refractivity contribution is 5.99. The summed E-state index contributed by atoms with van der Waals surface area (Å²) in [6, 6.07) is 3.80. The molecule has 14 heteroatoms. The van der Waals surface area contributed by atoms with Gasteiger partial charge in [0.15, 0.2) is 5.82 Å². The minimum absolute atomic E-state index is 0.0338. The number of halogens is 3. The van der Waals surface area contributed by atoms with Gasteiger partial charge in [0.05, 0.1) is 11.8 Å². The van der Waals surface area contributed by atoms with E-state index in [9.17, 15) is 22.8 Å². The lowest BCUT2D eigenvalue weighted by Crippen LogP contribution is -2.47. The molecule has 3 aromatic heterocycles. The zero-order valence-electron chi connectivity index (χ0n) is 18.0. The van der Waals surface area contributed by atoms with Gasteiger partial charge in [-0.05, 0) is 12.1 Å². The average Bonchev–Trinajstić information content (AvgIpc) is 3.38. The second-order valence-electron chi connectivity index (χ2n) is 7.40. The van der Waals surface area contributed by atoms with Gasteiger partial charge in [-0.25, -0.2) is 24.7 Å². The standard InChI is InChI=1S/C21H18F3N7O4/c1-12(19(33)34)26-18(32)14-10-16(29-17(27-14)13-3-9-35-11-13)30-5-7-31(8-6-30)20-25-4-2-15(28-20)21(22,23)24/h2-4,9-11H,1,5-8H2,(H,26,32)(H,33,34). The minimum atomic E-state index is -4.58. The number of aliphatic carboxylic acids is 1. The van der Waals surface area contributed by atoms with E-state index < -0.39 is 29.4 Å². The fourth-order valence-corrected chi connectivity index (χ4v) is 3.28. The molecule has 4 rings (SSSR count). The van der Waals surface area contributed by atoms with Crippen molar-refractivity contribution in [2.24, 2.45) is 0 Å². The second kappa shape index (κ2) is 9.40. The monoisotopic (exact) mass is 489 g/mol. The van der Waals surface area contributed by atoms with Crippen molar-refractivity contribution in [1.29, 1.82) is 0 Å². The number of amides is 1. The van der Waals surface area contributed by atoms with Crippen LogP contribution in [0, 0.1) is 0 Å². The first-order chi connectivity index (χ1) is 16.6. The van der Waals surface area contributed by atoms with Crippen molar-refractivity contribution in [3.05, 3.63) is 60.6 Å². The predicted octanol–water partition coefficient (Wildman–Crippen LogP) is 2.20. The van der Waals surface area contributed by atoms with Crippen LogP contribution in [0.1, 0.15) is 16.2 Å². The molecule has 0 aliphatic carbocycles. The molecule has 0 bridgehead atoms. The summed E-state index contributed by atoms with van der Waals surface area (Å²) >= 11 is 0. The Bertz CT molecular complexity index is 1260. The second-order valence-corrected chi connectivity index (χ2v) is 7.40. The van der Waals surface area contributed by atoms with Gasteiger partial charge in [-0.15, -0.1) is 0 Å². The van der Waals surface area contributed by atoms with Gasteiger partial charge in [-0.2, -0.15) is 13.2 Å². The van der Waals surface area contributed by atoms with E-state index in [-0.39, 0.29) is 17.5 Å². The van der Waals surface area contributed by atoms with E-state index in [1.54, 1.807) is 11.0 Å². The largest absolute Gasteiger partial charge is 0.477 e. The Kier molecular flexibility index (Phi) is 6.36. The molecule has 4 heterocycles. The minimum Gasteiger partial charge on any atom is -0.477 e. The number of carbonyl (C=O) groups is 2. The summed E-state index contributed by atoms with van der Waals surface area (Å²) in [5, 5.41) is 11.1. The van der Waals surface area contributed by atoms with E-state index in [2.05, 4.69) is 31.8 Å². The number of furan rings is 1. The van der Waals surface area contributed by atoms with E-state index in [4.69, 9.17) is 9.52 Å². The third-order valence-electron chi connectivity index (χ3n) is 5.07. The van der Waals surface area contributed by atoms with Crippen LogP contribution >= 0.6 is 0 Å². The molecule has 11 nitrogen and oxygen atoms in total. The number of piperazine rings is 1. The number of carboxylic acid groups (broad SMARTS) is 1. The number of rotatable bonds is 6. The Morgan fingerprint density at radius 2 is 1.80 bits per heavy atom. The first-order valence-corrected chi connectivity index (χ1v) is 10.2. The van der Waals surface area contributed by atoms with Crippen LogP contribution in [0.25, 0.3) is 11.4 Å². The van der Waals surface area contributed by atoms with E-state index in [1.807, 2.05) is 4.90 Å². The van der Waals surface area contributed by atoms with Crippen molar-refractivity contribution in [2.45, 2.75) is 6.18 Å². The maximum atomic E-state index is 13.0. The Balaban J connectivity index is 1.56. The number of nitrogens with one attached hydrogen (secondary N) is 1. The number of nitrogens with zero attached hydrogens (tertiary/aromatic N) is 6. The van der Waals surface area contributed by atoms with Crippen molar-refractivity contribution in [3.8, 4) is 11.4 Å². The Morgan fingerprint density at radius 1 is 1.09 bits per heavy atom. The first kappa shape index (κ1) is 23.7. The summed E-state index contributed by atoms with van der Waals surface area (Å²) in [6.07, 6.45) is -0.715. The Hall–Kier alpha value is -4.49. The number of alkyl halides is 3. The summed E-state index contributed by atoms with van der Waals surface area (Å²) in [4.78, 5) is 43.3. The third-order valence-corrected chi connectivity index (χ3v) is 5.07. The van der Waals surface area contributed by atoms with Crippen molar-refractivity contribution in [1.82, 2.24) is 25.3 Å². The molecule has 0 saturated carbocycles. The molecular formula is C21H18F3N7O4. The van der Waals surface area contributed by atoms with Crippen LogP contribution in [0.3, 0.4) is 0 Å². The number of anilines is 2. The van der Waals surface area contributed by atoms with Gasteiger partial charge in [0.2, 0.25) is 5.95 Å². The molecule has 182 valence electrons. The molecule has 2 N–H and O–H groups in total. The number of carbonyl (C=O) groups excluding carboxylic acids is 1. The third kappa shape index (κ3) is 5.37. The zero-order valence-corrected chi connectivity index (χ0v) is 18.0. The zero-order chi connectivity index (χ0) is 25.2. The fraction of sp³-hybridized carbons (Fsp3) is 0.238. The lowest BCUT2D eigenvalue weighted by atomic mass is 10.2. The maximum absolute atomic E-state index is 13.0. The van der Waals surface area contributed by atoms with Crippen LogP contribution in [-0.4, -0.2) is 63.1 Å². The quantitative estimate of drug-likeness (QED) is 0.496. The molecule has 0 atom stereocenters. The predicted molar refractivity (Wildman–Crippen MR) is 115 cm³/mol. The van der Waals surface area contributed by atoms with Crippen molar-refractivity contribution in [2.75, 3.05) is 36.0 Å². The highest BCUT2D eigenvalue weighted by Crippen LogP contribution is 2.28. The van der Waals surface area contributed by atoms with E-state index in [1.165, 1.54) is 18.6 Å². The molecule has 0 unspecified atom stereocenters. The van der Waals surface area contributed by atoms with E-state index in [0.717, 1.165) is 12.3 Å². The smallest absolute Gasteiger partial charge is 0.433 e.